The molecule has 0 aliphatic rings. The van der Waals surface area contributed by atoms with Gasteiger partial charge in [0.25, 0.3) is 5.91 Å². The second kappa shape index (κ2) is 7.70. The van der Waals surface area contributed by atoms with E-state index in [4.69, 9.17) is 4.74 Å². The van der Waals surface area contributed by atoms with E-state index in [-0.39, 0.29) is 10.5 Å². The van der Waals surface area contributed by atoms with Crippen molar-refractivity contribution in [3.63, 3.8) is 0 Å². The quantitative estimate of drug-likeness (QED) is 0.643. The summed E-state index contributed by atoms with van der Waals surface area (Å²) in [7, 11) is 0.580. The van der Waals surface area contributed by atoms with E-state index in [1.54, 1.807) is 12.1 Å². The predicted molar refractivity (Wildman–Crippen MR) is 108 cm³/mol. The predicted octanol–water partition coefficient (Wildman–Crippen LogP) is 3.19. The smallest absolute Gasteiger partial charge is 0.341 e. The van der Waals surface area contributed by atoms with Crippen LogP contribution in [0.5, 0.6) is 0 Å². The number of anilines is 1. The SMILES string of the molecule is COC(=O)c1c(NC(=O)c2ccc(S(=O)(=O)N(C)C)cc2)sc2ccccc12. The van der Waals surface area contributed by atoms with E-state index in [0.717, 1.165) is 9.01 Å². The van der Waals surface area contributed by atoms with E-state index < -0.39 is 21.9 Å². The van der Waals surface area contributed by atoms with Gasteiger partial charge in [0.15, 0.2) is 0 Å². The molecule has 0 spiro atoms. The van der Waals surface area contributed by atoms with E-state index in [2.05, 4.69) is 5.32 Å². The minimum atomic E-state index is -3.57. The highest BCUT2D eigenvalue weighted by atomic mass is 32.2. The Morgan fingerprint density at radius 3 is 2.29 bits per heavy atom. The van der Waals surface area contributed by atoms with Crippen molar-refractivity contribution in [2.45, 2.75) is 4.90 Å². The molecule has 0 fully saturated rings. The van der Waals surface area contributed by atoms with Crippen LogP contribution in [0.4, 0.5) is 5.00 Å². The number of sulfonamides is 1. The number of carbonyl (C=O) groups is 2. The molecule has 1 amide bonds. The summed E-state index contributed by atoms with van der Waals surface area (Å²) in [5.74, 6) is -0.995. The summed E-state index contributed by atoms with van der Waals surface area (Å²) in [6.07, 6.45) is 0. The van der Waals surface area contributed by atoms with Gasteiger partial charge in [-0.3, -0.25) is 4.79 Å². The first-order valence-electron chi connectivity index (χ1n) is 8.19. The number of amides is 1. The van der Waals surface area contributed by atoms with Gasteiger partial charge in [-0.1, -0.05) is 18.2 Å². The largest absolute Gasteiger partial charge is 0.465 e. The monoisotopic (exact) mass is 418 g/mol. The molecule has 3 aromatic rings. The number of methoxy groups -OCH3 is 1. The number of esters is 1. The molecule has 1 aromatic heterocycles. The van der Waals surface area contributed by atoms with Crippen molar-refractivity contribution in [2.24, 2.45) is 0 Å². The fourth-order valence-electron chi connectivity index (χ4n) is 2.60. The van der Waals surface area contributed by atoms with Crippen LogP contribution in [-0.4, -0.2) is 45.8 Å². The number of hydrogen-bond acceptors (Lipinski definition) is 6. The molecular weight excluding hydrogens is 400 g/mol. The molecule has 1 N–H and O–H groups in total. The van der Waals surface area contributed by atoms with E-state index in [9.17, 15) is 18.0 Å². The Kier molecular flexibility index (Phi) is 5.50. The van der Waals surface area contributed by atoms with Crippen LogP contribution in [0.1, 0.15) is 20.7 Å². The van der Waals surface area contributed by atoms with Gasteiger partial charge in [-0.05, 0) is 30.3 Å². The Hall–Kier alpha value is -2.75. The topological polar surface area (TPSA) is 92.8 Å². The van der Waals surface area contributed by atoms with Gasteiger partial charge in [0.2, 0.25) is 10.0 Å². The van der Waals surface area contributed by atoms with Gasteiger partial charge in [0, 0.05) is 29.7 Å². The van der Waals surface area contributed by atoms with Gasteiger partial charge < -0.3 is 10.1 Å². The van der Waals surface area contributed by atoms with E-state index >= 15 is 0 Å². The first kappa shape index (κ1) is 20.0. The molecule has 2 aromatic carbocycles. The van der Waals surface area contributed by atoms with Gasteiger partial charge >= 0.3 is 5.97 Å². The Labute approximate surface area is 166 Å². The number of nitrogens with one attached hydrogen (secondary N) is 1. The lowest BCUT2D eigenvalue weighted by molar-refractivity contribution is 0.0604. The third-order valence-corrected chi connectivity index (χ3v) is 7.02. The van der Waals surface area contributed by atoms with Crippen LogP contribution >= 0.6 is 11.3 Å². The number of ether oxygens (including phenoxy) is 1. The summed E-state index contributed by atoms with van der Waals surface area (Å²) in [5, 5.41) is 3.81. The number of thiophene rings is 1. The van der Waals surface area contributed by atoms with Crippen LogP contribution in [-0.2, 0) is 14.8 Å². The maximum atomic E-state index is 12.6. The van der Waals surface area contributed by atoms with Crippen molar-refractivity contribution in [3.8, 4) is 0 Å². The first-order valence-corrected chi connectivity index (χ1v) is 10.4. The molecule has 0 unspecified atom stereocenters. The minimum Gasteiger partial charge on any atom is -0.465 e. The number of benzene rings is 2. The number of fused-ring (bicyclic) bond motifs is 1. The molecule has 7 nitrogen and oxygen atoms in total. The van der Waals surface area contributed by atoms with Gasteiger partial charge in [0.1, 0.15) is 10.6 Å². The highest BCUT2D eigenvalue weighted by Crippen LogP contribution is 2.36. The number of carbonyl (C=O) groups excluding carboxylic acids is 2. The van der Waals surface area contributed by atoms with Crippen molar-refractivity contribution in [1.29, 1.82) is 0 Å². The summed E-state index contributed by atoms with van der Waals surface area (Å²) >= 11 is 1.27. The normalized spacial score (nSPS) is 11.6. The fourth-order valence-corrected chi connectivity index (χ4v) is 4.59. The van der Waals surface area contributed by atoms with Gasteiger partial charge in [0.05, 0.1) is 12.0 Å². The van der Waals surface area contributed by atoms with Gasteiger partial charge in [-0.15, -0.1) is 11.3 Å². The van der Waals surface area contributed by atoms with Gasteiger partial charge in [-0.2, -0.15) is 0 Å². The Morgan fingerprint density at radius 1 is 1.04 bits per heavy atom. The second-order valence-corrected chi connectivity index (χ2v) is 9.26. The van der Waals surface area contributed by atoms with Gasteiger partial charge in [-0.25, -0.2) is 17.5 Å². The van der Waals surface area contributed by atoms with Crippen molar-refractivity contribution in [2.75, 3.05) is 26.5 Å². The molecule has 0 aliphatic carbocycles. The Bertz CT molecular complexity index is 1150. The van der Waals surface area contributed by atoms with Crippen molar-refractivity contribution >= 4 is 48.3 Å². The molecular formula is C19H18N2O5S2. The highest BCUT2D eigenvalue weighted by molar-refractivity contribution is 7.89. The zero-order valence-corrected chi connectivity index (χ0v) is 17.1. The molecule has 0 atom stereocenters. The molecule has 0 saturated heterocycles. The van der Waals surface area contributed by atoms with E-state index in [0.29, 0.717) is 16.0 Å². The maximum absolute atomic E-state index is 12.6. The lowest BCUT2D eigenvalue weighted by atomic mass is 10.1. The zero-order valence-electron chi connectivity index (χ0n) is 15.4. The summed E-state index contributed by atoms with van der Waals surface area (Å²) in [4.78, 5) is 24.9. The molecule has 146 valence electrons. The Morgan fingerprint density at radius 2 is 1.68 bits per heavy atom. The average molecular weight is 418 g/mol. The van der Waals surface area contributed by atoms with Crippen LogP contribution in [0.2, 0.25) is 0 Å². The fraction of sp³-hybridized carbons (Fsp3) is 0.158. The second-order valence-electron chi connectivity index (χ2n) is 6.06. The summed E-state index contributed by atoms with van der Waals surface area (Å²) < 4.78 is 31.1. The van der Waals surface area contributed by atoms with E-state index in [1.807, 2.05) is 12.1 Å². The first-order chi connectivity index (χ1) is 13.3. The number of hydrogen-bond donors (Lipinski definition) is 1. The van der Waals surface area contributed by atoms with Crippen molar-refractivity contribution < 1.29 is 22.7 Å². The third kappa shape index (κ3) is 3.64. The molecule has 0 saturated carbocycles. The molecule has 3 rings (SSSR count). The maximum Gasteiger partial charge on any atom is 0.341 e. The third-order valence-electron chi connectivity index (χ3n) is 4.11. The highest BCUT2D eigenvalue weighted by Gasteiger charge is 2.22. The molecule has 0 bridgehead atoms. The average Bonchev–Trinajstić information content (AvgIpc) is 3.05. The summed E-state index contributed by atoms with van der Waals surface area (Å²) in [6.45, 7) is 0. The van der Waals surface area contributed by atoms with Crippen molar-refractivity contribution in [1.82, 2.24) is 4.31 Å². The minimum absolute atomic E-state index is 0.0890. The lowest BCUT2D eigenvalue weighted by Gasteiger charge is -2.11. The van der Waals surface area contributed by atoms with E-state index in [1.165, 1.54) is 56.8 Å². The summed E-state index contributed by atoms with van der Waals surface area (Å²) in [6, 6.07) is 12.9. The van der Waals surface area contributed by atoms with Crippen LogP contribution in [0, 0.1) is 0 Å². The number of rotatable bonds is 5. The molecule has 9 heteroatoms. The zero-order chi connectivity index (χ0) is 20.5. The van der Waals surface area contributed by atoms with Crippen LogP contribution in [0.15, 0.2) is 53.4 Å². The summed E-state index contributed by atoms with van der Waals surface area (Å²) in [5.41, 5.74) is 0.564. The lowest BCUT2D eigenvalue weighted by Crippen LogP contribution is -2.22. The molecule has 0 aliphatic heterocycles. The molecule has 1 heterocycles. The standard InChI is InChI=1S/C19H18N2O5S2/c1-21(2)28(24,25)13-10-8-12(9-11-13)17(22)20-18-16(19(23)26-3)14-6-4-5-7-15(14)27-18/h4-11H,1-3H3,(H,20,22). The molecule has 0 radical (unpaired) electrons. The van der Waals surface area contributed by atoms with Crippen LogP contribution < -0.4 is 5.32 Å². The van der Waals surface area contributed by atoms with Crippen LogP contribution in [0.25, 0.3) is 10.1 Å². The molecule has 28 heavy (non-hydrogen) atoms. The van der Waals surface area contributed by atoms with Crippen molar-refractivity contribution in [3.05, 3.63) is 59.7 Å². The van der Waals surface area contributed by atoms with Crippen LogP contribution in [0.3, 0.4) is 0 Å². The Balaban J connectivity index is 1.92. The number of nitrogens with zero attached hydrogens (tertiary/aromatic N) is 1.